The summed E-state index contributed by atoms with van der Waals surface area (Å²) in [6, 6.07) is 5.77. The van der Waals surface area contributed by atoms with Gasteiger partial charge in [-0.15, -0.1) is 0 Å². The van der Waals surface area contributed by atoms with Gasteiger partial charge in [-0.1, -0.05) is 6.07 Å². The standard InChI is InChI=1S/C13H18F3N3/c1-2-19(9-13(14,15)16)12-5-3-4-11(18-12)8-17-10-6-7-10/h3-5,10,17H,2,6-9H2,1H3. The van der Waals surface area contributed by atoms with Crippen molar-refractivity contribution in [3.63, 3.8) is 0 Å². The fraction of sp³-hybridized carbons (Fsp3) is 0.615. The number of hydrogen-bond acceptors (Lipinski definition) is 3. The number of alkyl halides is 3. The van der Waals surface area contributed by atoms with Crippen molar-refractivity contribution < 1.29 is 13.2 Å². The number of rotatable bonds is 6. The van der Waals surface area contributed by atoms with Crippen LogP contribution in [0.5, 0.6) is 0 Å². The minimum atomic E-state index is -4.21. The molecule has 1 saturated carbocycles. The zero-order chi connectivity index (χ0) is 13.9. The van der Waals surface area contributed by atoms with Crippen LogP contribution in [0.1, 0.15) is 25.5 Å². The predicted octanol–water partition coefficient (Wildman–Crippen LogP) is 2.72. The Balaban J connectivity index is 2.02. The van der Waals surface area contributed by atoms with E-state index in [4.69, 9.17) is 0 Å². The van der Waals surface area contributed by atoms with E-state index in [-0.39, 0.29) is 6.54 Å². The normalized spacial score (nSPS) is 15.6. The summed E-state index contributed by atoms with van der Waals surface area (Å²) in [4.78, 5) is 5.53. The first kappa shape index (κ1) is 14.1. The van der Waals surface area contributed by atoms with Crippen molar-refractivity contribution in [3.8, 4) is 0 Å². The topological polar surface area (TPSA) is 28.2 Å². The van der Waals surface area contributed by atoms with E-state index < -0.39 is 12.7 Å². The molecule has 1 aliphatic rings. The molecule has 1 aromatic heterocycles. The zero-order valence-corrected chi connectivity index (χ0v) is 10.9. The van der Waals surface area contributed by atoms with Crippen LogP contribution in [0.25, 0.3) is 0 Å². The third-order valence-electron chi connectivity index (χ3n) is 3.02. The SMILES string of the molecule is CCN(CC(F)(F)F)c1cccc(CNC2CC2)n1. The van der Waals surface area contributed by atoms with E-state index >= 15 is 0 Å². The molecule has 0 aromatic carbocycles. The molecule has 1 aliphatic carbocycles. The molecular weight excluding hydrogens is 255 g/mol. The van der Waals surface area contributed by atoms with Crippen LogP contribution < -0.4 is 10.2 Å². The molecule has 0 aliphatic heterocycles. The first-order valence-electron chi connectivity index (χ1n) is 6.49. The van der Waals surface area contributed by atoms with Gasteiger partial charge in [-0.3, -0.25) is 0 Å². The zero-order valence-electron chi connectivity index (χ0n) is 10.9. The number of nitrogens with zero attached hydrogens (tertiary/aromatic N) is 2. The fourth-order valence-electron chi connectivity index (χ4n) is 1.85. The van der Waals surface area contributed by atoms with Gasteiger partial charge in [0.15, 0.2) is 0 Å². The summed E-state index contributed by atoms with van der Waals surface area (Å²) in [6.45, 7) is 1.63. The van der Waals surface area contributed by atoms with E-state index in [2.05, 4.69) is 10.3 Å². The van der Waals surface area contributed by atoms with Crippen molar-refractivity contribution in [2.45, 2.75) is 38.5 Å². The highest BCUT2D eigenvalue weighted by Gasteiger charge is 2.30. The average Bonchev–Trinajstić information content (AvgIpc) is 3.17. The maximum atomic E-state index is 12.5. The molecule has 0 atom stereocenters. The highest BCUT2D eigenvalue weighted by Crippen LogP contribution is 2.21. The molecule has 3 nitrogen and oxygen atoms in total. The summed E-state index contributed by atoms with van der Waals surface area (Å²) >= 11 is 0. The monoisotopic (exact) mass is 273 g/mol. The second-order valence-corrected chi connectivity index (χ2v) is 4.77. The van der Waals surface area contributed by atoms with Crippen LogP contribution in [-0.4, -0.2) is 30.3 Å². The van der Waals surface area contributed by atoms with Gasteiger partial charge in [0.05, 0.1) is 5.69 Å². The Kier molecular flexibility index (Phi) is 4.29. The lowest BCUT2D eigenvalue weighted by Crippen LogP contribution is -2.34. The second-order valence-electron chi connectivity index (χ2n) is 4.77. The van der Waals surface area contributed by atoms with E-state index in [1.54, 1.807) is 19.1 Å². The van der Waals surface area contributed by atoms with Gasteiger partial charge in [0.2, 0.25) is 0 Å². The molecule has 106 valence electrons. The van der Waals surface area contributed by atoms with Crippen LogP contribution in [0.4, 0.5) is 19.0 Å². The molecule has 19 heavy (non-hydrogen) atoms. The highest BCUT2D eigenvalue weighted by atomic mass is 19.4. The average molecular weight is 273 g/mol. The van der Waals surface area contributed by atoms with Crippen molar-refractivity contribution in [1.29, 1.82) is 0 Å². The number of pyridine rings is 1. The molecule has 0 saturated heterocycles. The van der Waals surface area contributed by atoms with Crippen LogP contribution in [0.15, 0.2) is 18.2 Å². The van der Waals surface area contributed by atoms with E-state index in [9.17, 15) is 13.2 Å². The maximum Gasteiger partial charge on any atom is 0.405 e. The van der Waals surface area contributed by atoms with Gasteiger partial charge in [0, 0.05) is 19.1 Å². The van der Waals surface area contributed by atoms with Gasteiger partial charge in [0.25, 0.3) is 0 Å². The van der Waals surface area contributed by atoms with Crippen LogP contribution in [0.2, 0.25) is 0 Å². The van der Waals surface area contributed by atoms with Crippen molar-refractivity contribution >= 4 is 5.82 Å². The van der Waals surface area contributed by atoms with Gasteiger partial charge in [-0.25, -0.2) is 4.98 Å². The molecule has 6 heteroatoms. The summed E-state index contributed by atoms with van der Waals surface area (Å²) in [7, 11) is 0. The third-order valence-corrected chi connectivity index (χ3v) is 3.02. The third kappa shape index (κ3) is 4.70. The summed E-state index contributed by atoms with van der Waals surface area (Å²) in [6.07, 6.45) is -1.86. The minimum absolute atomic E-state index is 0.284. The van der Waals surface area contributed by atoms with Crippen LogP contribution >= 0.6 is 0 Å². The van der Waals surface area contributed by atoms with Crippen molar-refractivity contribution in [2.24, 2.45) is 0 Å². The molecule has 0 amide bonds. The predicted molar refractivity (Wildman–Crippen MR) is 68.0 cm³/mol. The quantitative estimate of drug-likeness (QED) is 0.863. The molecule has 1 N–H and O–H groups in total. The molecule has 1 aromatic rings. The largest absolute Gasteiger partial charge is 0.405 e. The maximum absolute atomic E-state index is 12.5. The Morgan fingerprint density at radius 1 is 1.37 bits per heavy atom. The van der Waals surface area contributed by atoms with Crippen molar-refractivity contribution in [2.75, 3.05) is 18.0 Å². The summed E-state index contributed by atoms with van der Waals surface area (Å²) in [5.41, 5.74) is 0.782. The lowest BCUT2D eigenvalue weighted by Gasteiger charge is -2.23. The minimum Gasteiger partial charge on any atom is -0.348 e. The molecule has 1 fully saturated rings. The van der Waals surface area contributed by atoms with Crippen molar-refractivity contribution in [1.82, 2.24) is 10.3 Å². The smallest absolute Gasteiger partial charge is 0.348 e. The lowest BCUT2D eigenvalue weighted by atomic mass is 10.3. The molecular formula is C13H18F3N3. The van der Waals surface area contributed by atoms with E-state index in [1.165, 1.54) is 17.7 Å². The number of anilines is 1. The molecule has 0 unspecified atom stereocenters. The Labute approximate surface area is 110 Å². The molecule has 2 rings (SSSR count). The van der Waals surface area contributed by atoms with Crippen LogP contribution in [0, 0.1) is 0 Å². The van der Waals surface area contributed by atoms with Crippen LogP contribution in [0.3, 0.4) is 0 Å². The Hall–Kier alpha value is -1.30. The van der Waals surface area contributed by atoms with Gasteiger partial charge < -0.3 is 10.2 Å². The van der Waals surface area contributed by atoms with E-state index in [0.29, 0.717) is 18.4 Å². The molecule has 0 bridgehead atoms. The Bertz CT molecular complexity index is 416. The Morgan fingerprint density at radius 2 is 2.11 bits per heavy atom. The second kappa shape index (κ2) is 5.77. The molecule has 0 spiro atoms. The molecule has 0 radical (unpaired) electrons. The fourth-order valence-corrected chi connectivity index (χ4v) is 1.85. The number of nitrogens with one attached hydrogen (secondary N) is 1. The lowest BCUT2D eigenvalue weighted by molar-refractivity contribution is -0.119. The summed E-state index contributed by atoms with van der Waals surface area (Å²) < 4.78 is 37.4. The van der Waals surface area contributed by atoms with E-state index in [0.717, 1.165) is 5.69 Å². The van der Waals surface area contributed by atoms with Gasteiger partial charge in [-0.2, -0.15) is 13.2 Å². The summed E-state index contributed by atoms with van der Waals surface area (Å²) in [5.74, 6) is 0.384. The summed E-state index contributed by atoms with van der Waals surface area (Å²) in [5, 5.41) is 3.30. The first-order valence-corrected chi connectivity index (χ1v) is 6.49. The Morgan fingerprint density at radius 3 is 2.68 bits per heavy atom. The van der Waals surface area contributed by atoms with Crippen molar-refractivity contribution in [3.05, 3.63) is 23.9 Å². The van der Waals surface area contributed by atoms with Gasteiger partial charge in [-0.05, 0) is 31.9 Å². The first-order chi connectivity index (χ1) is 8.98. The van der Waals surface area contributed by atoms with Crippen LogP contribution in [-0.2, 0) is 6.54 Å². The number of hydrogen-bond donors (Lipinski definition) is 1. The number of aromatic nitrogens is 1. The highest BCUT2D eigenvalue weighted by molar-refractivity contribution is 5.39. The van der Waals surface area contributed by atoms with Gasteiger partial charge >= 0.3 is 6.18 Å². The molecule has 1 heterocycles. The van der Waals surface area contributed by atoms with E-state index in [1.807, 2.05) is 6.07 Å². The van der Waals surface area contributed by atoms with Gasteiger partial charge in [0.1, 0.15) is 12.4 Å². The number of halogens is 3.